The summed E-state index contributed by atoms with van der Waals surface area (Å²) in [6.07, 6.45) is 0. The lowest BCUT2D eigenvalue weighted by atomic mass is 10.1. The second-order valence-corrected chi connectivity index (χ2v) is 7.34. The molecule has 0 radical (unpaired) electrons. The number of benzene rings is 1. The molecule has 1 fully saturated rings. The third-order valence-electron chi connectivity index (χ3n) is 4.38. The largest absolute Gasteiger partial charge is 0.379 e. The van der Waals surface area contributed by atoms with Crippen LogP contribution in [0.4, 0.5) is 10.5 Å². The molecule has 2 N–H and O–H groups in total. The van der Waals surface area contributed by atoms with Crippen LogP contribution in [0, 0.1) is 6.92 Å². The molecule has 0 bridgehead atoms. The van der Waals surface area contributed by atoms with Crippen LogP contribution in [0.1, 0.15) is 23.4 Å². The van der Waals surface area contributed by atoms with Crippen molar-refractivity contribution in [2.24, 2.45) is 0 Å². The Morgan fingerprint density at radius 3 is 2.72 bits per heavy atom. The number of thiophene rings is 1. The molecule has 0 unspecified atom stereocenters. The zero-order chi connectivity index (χ0) is 17.6. The van der Waals surface area contributed by atoms with Crippen molar-refractivity contribution in [1.82, 2.24) is 10.2 Å². The number of anilines is 1. The molecule has 1 aliphatic rings. The number of morpholine rings is 1. The Morgan fingerprint density at radius 1 is 1.24 bits per heavy atom. The average molecular weight is 359 g/mol. The minimum absolute atomic E-state index is 0.0124. The zero-order valence-corrected chi connectivity index (χ0v) is 15.5. The first-order valence-corrected chi connectivity index (χ1v) is 9.51. The summed E-state index contributed by atoms with van der Waals surface area (Å²) in [7, 11) is 0. The first-order chi connectivity index (χ1) is 12.1. The summed E-state index contributed by atoms with van der Waals surface area (Å²) in [5.41, 5.74) is 1.93. The number of nitrogens with one attached hydrogen (secondary N) is 2. The van der Waals surface area contributed by atoms with Gasteiger partial charge in [-0.1, -0.05) is 18.2 Å². The Bertz CT molecular complexity index is 684. The highest BCUT2D eigenvalue weighted by atomic mass is 32.1. The molecule has 25 heavy (non-hydrogen) atoms. The predicted molar refractivity (Wildman–Crippen MR) is 102 cm³/mol. The maximum Gasteiger partial charge on any atom is 0.319 e. The van der Waals surface area contributed by atoms with E-state index in [9.17, 15) is 4.79 Å². The molecular formula is C19H25N3O2S. The fourth-order valence-corrected chi connectivity index (χ4v) is 4.20. The Hall–Kier alpha value is -1.89. The lowest BCUT2D eigenvalue weighted by Crippen LogP contribution is -2.49. The van der Waals surface area contributed by atoms with Crippen molar-refractivity contribution in [3.8, 4) is 0 Å². The zero-order valence-electron chi connectivity index (χ0n) is 14.7. The summed E-state index contributed by atoms with van der Waals surface area (Å²) in [5.74, 6) is 0. The van der Waals surface area contributed by atoms with Crippen molar-refractivity contribution in [2.45, 2.75) is 25.9 Å². The molecule has 5 nitrogen and oxygen atoms in total. The molecule has 0 aliphatic carbocycles. The van der Waals surface area contributed by atoms with E-state index in [4.69, 9.17) is 4.74 Å². The molecule has 3 rings (SSSR count). The number of rotatable bonds is 5. The first-order valence-electron chi connectivity index (χ1n) is 8.63. The van der Waals surface area contributed by atoms with Gasteiger partial charge >= 0.3 is 6.03 Å². The summed E-state index contributed by atoms with van der Waals surface area (Å²) in [4.78, 5) is 16.1. The average Bonchev–Trinajstić information content (AvgIpc) is 3.10. The van der Waals surface area contributed by atoms with E-state index >= 15 is 0 Å². The van der Waals surface area contributed by atoms with Gasteiger partial charge in [-0.05, 0) is 43.0 Å². The molecule has 1 aliphatic heterocycles. The Kier molecular flexibility index (Phi) is 6.07. The SMILES string of the molecule is Cc1cccc(NC(=O)N[C@@H](C)[C@H](c2cccs2)N2CCOCC2)c1. The molecular weight excluding hydrogens is 334 g/mol. The van der Waals surface area contributed by atoms with Crippen LogP contribution in [0.5, 0.6) is 0 Å². The predicted octanol–water partition coefficient (Wildman–Crippen LogP) is 3.64. The number of urea groups is 1. The van der Waals surface area contributed by atoms with Gasteiger partial charge in [0.2, 0.25) is 0 Å². The van der Waals surface area contributed by atoms with Crippen LogP contribution in [0.15, 0.2) is 41.8 Å². The topological polar surface area (TPSA) is 53.6 Å². The van der Waals surface area contributed by atoms with Gasteiger partial charge in [-0.2, -0.15) is 0 Å². The van der Waals surface area contributed by atoms with Crippen molar-refractivity contribution in [3.63, 3.8) is 0 Å². The normalized spacial score (nSPS) is 17.7. The van der Waals surface area contributed by atoms with Gasteiger partial charge in [-0.25, -0.2) is 4.79 Å². The fraction of sp³-hybridized carbons (Fsp3) is 0.421. The molecule has 1 saturated heterocycles. The minimum atomic E-state index is -0.173. The van der Waals surface area contributed by atoms with E-state index in [1.807, 2.05) is 31.2 Å². The molecule has 0 saturated carbocycles. The molecule has 2 heterocycles. The fourth-order valence-electron chi connectivity index (χ4n) is 3.23. The Labute approximate surface area is 153 Å². The van der Waals surface area contributed by atoms with E-state index in [2.05, 4.69) is 40.0 Å². The maximum absolute atomic E-state index is 12.4. The van der Waals surface area contributed by atoms with E-state index in [1.54, 1.807) is 11.3 Å². The number of hydrogen-bond acceptors (Lipinski definition) is 4. The number of aryl methyl sites for hydroxylation is 1. The number of ether oxygens (including phenoxy) is 1. The molecule has 1 aromatic carbocycles. The van der Waals surface area contributed by atoms with Crippen LogP contribution in [-0.2, 0) is 4.74 Å². The molecule has 6 heteroatoms. The van der Waals surface area contributed by atoms with E-state index < -0.39 is 0 Å². The van der Waals surface area contributed by atoms with Crippen molar-refractivity contribution in [3.05, 3.63) is 52.2 Å². The van der Waals surface area contributed by atoms with E-state index in [0.717, 1.165) is 37.6 Å². The van der Waals surface area contributed by atoms with Crippen molar-refractivity contribution in [2.75, 3.05) is 31.6 Å². The Balaban J connectivity index is 1.67. The minimum Gasteiger partial charge on any atom is -0.379 e. The second kappa shape index (κ2) is 8.47. The number of amides is 2. The van der Waals surface area contributed by atoms with Crippen LogP contribution in [0.2, 0.25) is 0 Å². The van der Waals surface area contributed by atoms with Gasteiger partial charge in [0.15, 0.2) is 0 Å². The number of nitrogens with zero attached hydrogens (tertiary/aromatic N) is 1. The highest BCUT2D eigenvalue weighted by Gasteiger charge is 2.29. The standard InChI is InChI=1S/C19H25N3O2S/c1-14-5-3-6-16(13-14)21-19(23)20-15(2)18(17-7-4-12-25-17)22-8-10-24-11-9-22/h3-7,12-13,15,18H,8-11H2,1-2H3,(H2,20,21,23)/t15-,18+/m0/s1. The van der Waals surface area contributed by atoms with Crippen molar-refractivity contribution >= 4 is 23.1 Å². The lowest BCUT2D eigenvalue weighted by Gasteiger charge is -2.37. The van der Waals surface area contributed by atoms with Gasteiger partial charge in [0.05, 0.1) is 19.3 Å². The third-order valence-corrected chi connectivity index (χ3v) is 5.33. The van der Waals surface area contributed by atoms with E-state index in [1.165, 1.54) is 4.88 Å². The van der Waals surface area contributed by atoms with Crippen molar-refractivity contribution in [1.29, 1.82) is 0 Å². The Morgan fingerprint density at radius 2 is 2.04 bits per heavy atom. The van der Waals surface area contributed by atoms with Crippen LogP contribution >= 0.6 is 11.3 Å². The van der Waals surface area contributed by atoms with Gasteiger partial charge < -0.3 is 15.4 Å². The summed E-state index contributed by atoms with van der Waals surface area (Å²) < 4.78 is 5.48. The number of carbonyl (C=O) groups is 1. The molecule has 2 aromatic rings. The van der Waals surface area contributed by atoms with Crippen LogP contribution in [0.25, 0.3) is 0 Å². The monoisotopic (exact) mass is 359 g/mol. The molecule has 2 amide bonds. The van der Waals surface area contributed by atoms with Crippen molar-refractivity contribution < 1.29 is 9.53 Å². The maximum atomic E-state index is 12.4. The van der Waals surface area contributed by atoms with Gasteiger partial charge in [-0.15, -0.1) is 11.3 Å². The lowest BCUT2D eigenvalue weighted by molar-refractivity contribution is 0.0106. The summed E-state index contributed by atoms with van der Waals surface area (Å²) in [5, 5.41) is 8.12. The summed E-state index contributed by atoms with van der Waals surface area (Å²) in [6.45, 7) is 7.32. The number of carbonyl (C=O) groups excluding carboxylic acids is 1. The van der Waals surface area contributed by atoms with Gasteiger partial charge in [0, 0.05) is 29.7 Å². The summed E-state index contributed by atoms with van der Waals surface area (Å²) >= 11 is 1.73. The molecule has 1 aromatic heterocycles. The highest BCUT2D eigenvalue weighted by molar-refractivity contribution is 7.10. The second-order valence-electron chi connectivity index (χ2n) is 6.37. The van der Waals surface area contributed by atoms with E-state index in [0.29, 0.717) is 0 Å². The van der Waals surface area contributed by atoms with Crippen LogP contribution < -0.4 is 10.6 Å². The van der Waals surface area contributed by atoms with E-state index in [-0.39, 0.29) is 18.1 Å². The first kappa shape index (κ1) is 17.9. The number of hydrogen-bond donors (Lipinski definition) is 2. The smallest absolute Gasteiger partial charge is 0.319 e. The molecule has 2 atom stereocenters. The molecule has 0 spiro atoms. The van der Waals surface area contributed by atoms with Gasteiger partial charge in [-0.3, -0.25) is 4.90 Å². The molecule has 134 valence electrons. The van der Waals surface area contributed by atoms with Gasteiger partial charge in [0.25, 0.3) is 0 Å². The van der Waals surface area contributed by atoms with Crippen LogP contribution in [-0.4, -0.2) is 43.3 Å². The quantitative estimate of drug-likeness (QED) is 0.857. The van der Waals surface area contributed by atoms with Gasteiger partial charge in [0.1, 0.15) is 0 Å². The van der Waals surface area contributed by atoms with Crippen LogP contribution in [0.3, 0.4) is 0 Å². The third kappa shape index (κ3) is 4.81. The highest BCUT2D eigenvalue weighted by Crippen LogP contribution is 2.29. The summed E-state index contributed by atoms with van der Waals surface area (Å²) in [6, 6.07) is 12.0.